The molecule has 0 unspecified atom stereocenters. The van der Waals surface area contributed by atoms with Crippen molar-refractivity contribution in [2.45, 2.75) is 142 Å². The van der Waals surface area contributed by atoms with Gasteiger partial charge in [0.25, 0.3) is 0 Å². The van der Waals surface area contributed by atoms with E-state index < -0.39 is 0 Å². The monoisotopic (exact) mass is 426 g/mol. The van der Waals surface area contributed by atoms with Crippen molar-refractivity contribution in [1.82, 2.24) is 0 Å². The second-order valence-electron chi connectivity index (χ2n) is 11.3. The van der Waals surface area contributed by atoms with Crippen LogP contribution in [0.3, 0.4) is 0 Å². The third-order valence-corrected chi connectivity index (χ3v) is 9.19. The summed E-state index contributed by atoms with van der Waals surface area (Å²) in [5.74, 6) is 1.78. The largest absolute Gasteiger partial charge is 0.507 e. The van der Waals surface area contributed by atoms with Crippen molar-refractivity contribution in [3.63, 3.8) is 0 Å². The van der Waals surface area contributed by atoms with Gasteiger partial charge in [-0.1, -0.05) is 71.6 Å². The summed E-state index contributed by atoms with van der Waals surface area (Å²) in [5.41, 5.74) is 3.69. The Balaban J connectivity index is 1.69. The highest BCUT2D eigenvalue weighted by Gasteiger charge is 2.37. The minimum absolute atomic E-state index is 0.560. The summed E-state index contributed by atoms with van der Waals surface area (Å²) in [5, 5.41) is 11.4. The summed E-state index contributed by atoms with van der Waals surface area (Å²) in [6, 6.07) is 6.71. The summed E-state index contributed by atoms with van der Waals surface area (Å²) >= 11 is 0. The van der Waals surface area contributed by atoms with E-state index in [1.807, 2.05) is 0 Å². The smallest absolute Gasteiger partial charge is 0.122 e. The molecule has 2 saturated carbocycles. The molecule has 1 aromatic carbocycles. The summed E-state index contributed by atoms with van der Waals surface area (Å²) in [4.78, 5) is 0. The number of hydrogen-bond donors (Lipinski definition) is 1. The van der Waals surface area contributed by atoms with Crippen LogP contribution >= 0.6 is 0 Å². The Morgan fingerprint density at radius 2 is 0.968 bits per heavy atom. The fourth-order valence-electron chi connectivity index (χ4n) is 7.69. The molecule has 176 valence electrons. The predicted octanol–water partition coefficient (Wildman–Crippen LogP) is 9.88. The van der Waals surface area contributed by atoms with Crippen molar-refractivity contribution in [2.75, 3.05) is 0 Å². The van der Waals surface area contributed by atoms with Crippen LogP contribution in [0.2, 0.25) is 0 Å². The molecule has 0 aromatic heterocycles. The molecule has 1 nitrogen and oxygen atoms in total. The second kappa shape index (κ2) is 11.2. The van der Waals surface area contributed by atoms with Gasteiger partial charge in [-0.15, -0.1) is 0 Å². The molecule has 0 aliphatic heterocycles. The van der Waals surface area contributed by atoms with E-state index >= 15 is 0 Å². The maximum absolute atomic E-state index is 11.4. The molecule has 1 aromatic rings. The first-order valence-corrected chi connectivity index (χ1v) is 13.8. The first kappa shape index (κ1) is 24.7. The van der Waals surface area contributed by atoms with Crippen LogP contribution in [0.5, 0.6) is 5.75 Å². The highest BCUT2D eigenvalue weighted by Crippen LogP contribution is 2.53. The van der Waals surface area contributed by atoms with E-state index in [4.69, 9.17) is 0 Å². The molecule has 0 radical (unpaired) electrons. The molecule has 1 N–H and O–H groups in total. The number of para-hydroxylation sites is 1. The Kier molecular flexibility index (Phi) is 8.94. The van der Waals surface area contributed by atoms with E-state index in [0.29, 0.717) is 28.4 Å². The number of phenols is 1. The van der Waals surface area contributed by atoms with E-state index in [2.05, 4.69) is 45.9 Å². The highest BCUT2D eigenvalue weighted by atomic mass is 16.3. The number of hydrogen-bond acceptors (Lipinski definition) is 1. The number of rotatable bonds is 10. The lowest BCUT2D eigenvalue weighted by Gasteiger charge is -2.42. The lowest BCUT2D eigenvalue weighted by atomic mass is 9.63. The summed E-state index contributed by atoms with van der Waals surface area (Å²) in [7, 11) is 0. The molecule has 31 heavy (non-hydrogen) atoms. The Morgan fingerprint density at radius 1 is 0.645 bits per heavy atom. The minimum Gasteiger partial charge on any atom is -0.507 e. The molecule has 0 bridgehead atoms. The normalized spacial score (nSPS) is 21.9. The van der Waals surface area contributed by atoms with Crippen LogP contribution in [0, 0.1) is 10.8 Å². The van der Waals surface area contributed by atoms with Crippen molar-refractivity contribution in [3.05, 3.63) is 29.3 Å². The molecule has 3 rings (SSSR count). The van der Waals surface area contributed by atoms with Crippen LogP contribution in [-0.4, -0.2) is 5.11 Å². The molecular formula is C30H50O. The van der Waals surface area contributed by atoms with Crippen LogP contribution in [0.25, 0.3) is 0 Å². The molecule has 0 spiro atoms. The van der Waals surface area contributed by atoms with Gasteiger partial charge in [0.2, 0.25) is 0 Å². The van der Waals surface area contributed by atoms with Crippen molar-refractivity contribution in [3.8, 4) is 5.75 Å². The van der Waals surface area contributed by atoms with Crippen LogP contribution in [0.4, 0.5) is 0 Å². The highest BCUT2D eigenvalue weighted by molar-refractivity contribution is 5.44. The Hall–Kier alpha value is -0.980. The third-order valence-electron chi connectivity index (χ3n) is 9.19. The standard InChI is InChI=1S/C30H50O/c1-5-16-29(17-6-2)20-12-24(13-21-29)26-10-9-11-27(28(26)31)25-14-22-30(18-7-3,19-8-4)23-15-25/h9-11,24-25,31H,5-8,12-23H2,1-4H3. The Bertz CT molecular complexity index is 589. The molecule has 0 heterocycles. The molecular weight excluding hydrogens is 376 g/mol. The first-order chi connectivity index (χ1) is 15.0. The minimum atomic E-state index is 0.560. The van der Waals surface area contributed by atoms with Gasteiger partial charge in [0.1, 0.15) is 5.75 Å². The van der Waals surface area contributed by atoms with Gasteiger partial charge >= 0.3 is 0 Å². The molecule has 0 amide bonds. The SMILES string of the molecule is CCCC1(CCC)CCC(c2cccc(C3CCC(CCC)(CCC)CC3)c2O)CC1. The van der Waals surface area contributed by atoms with E-state index in [0.717, 1.165) is 0 Å². The lowest BCUT2D eigenvalue weighted by molar-refractivity contribution is 0.139. The molecule has 2 fully saturated rings. The maximum Gasteiger partial charge on any atom is 0.122 e. The van der Waals surface area contributed by atoms with Crippen LogP contribution in [0.1, 0.15) is 153 Å². The fourth-order valence-corrected chi connectivity index (χ4v) is 7.69. The van der Waals surface area contributed by atoms with Gasteiger partial charge < -0.3 is 5.11 Å². The third kappa shape index (κ3) is 5.69. The van der Waals surface area contributed by atoms with Gasteiger partial charge in [-0.3, -0.25) is 0 Å². The van der Waals surface area contributed by atoms with Gasteiger partial charge in [0, 0.05) is 0 Å². The molecule has 2 aliphatic rings. The summed E-state index contributed by atoms with van der Waals surface area (Å²) in [6.45, 7) is 9.38. The van der Waals surface area contributed by atoms with Gasteiger partial charge in [-0.2, -0.15) is 0 Å². The van der Waals surface area contributed by atoms with Gasteiger partial charge in [-0.05, 0) is 111 Å². The Morgan fingerprint density at radius 3 is 1.26 bits per heavy atom. The quantitative estimate of drug-likeness (QED) is 0.394. The molecule has 2 aliphatic carbocycles. The fraction of sp³-hybridized carbons (Fsp3) is 0.800. The number of benzene rings is 1. The maximum atomic E-state index is 11.4. The van der Waals surface area contributed by atoms with Crippen LogP contribution in [0.15, 0.2) is 18.2 Å². The zero-order valence-corrected chi connectivity index (χ0v) is 21.1. The van der Waals surface area contributed by atoms with E-state index in [9.17, 15) is 5.11 Å². The summed E-state index contributed by atoms with van der Waals surface area (Å²) in [6.07, 6.45) is 21.2. The van der Waals surface area contributed by atoms with Gasteiger partial charge in [-0.25, -0.2) is 0 Å². The van der Waals surface area contributed by atoms with E-state index in [-0.39, 0.29) is 0 Å². The molecule has 0 saturated heterocycles. The Labute approximate surface area is 193 Å². The number of phenolic OH excluding ortho intramolecular Hbond substituents is 1. The van der Waals surface area contributed by atoms with Crippen LogP contribution in [-0.2, 0) is 0 Å². The average molecular weight is 427 g/mol. The molecule has 0 atom stereocenters. The topological polar surface area (TPSA) is 20.2 Å². The first-order valence-electron chi connectivity index (χ1n) is 13.8. The molecule has 1 heteroatoms. The van der Waals surface area contributed by atoms with Crippen molar-refractivity contribution in [2.24, 2.45) is 10.8 Å². The van der Waals surface area contributed by atoms with Crippen molar-refractivity contribution in [1.29, 1.82) is 0 Å². The van der Waals surface area contributed by atoms with Gasteiger partial charge in [0.05, 0.1) is 0 Å². The summed E-state index contributed by atoms with van der Waals surface area (Å²) < 4.78 is 0. The zero-order chi connectivity index (χ0) is 22.3. The van der Waals surface area contributed by atoms with E-state index in [1.165, 1.54) is 114 Å². The zero-order valence-electron chi connectivity index (χ0n) is 21.1. The lowest BCUT2D eigenvalue weighted by Crippen LogP contribution is -2.27. The van der Waals surface area contributed by atoms with Crippen LogP contribution < -0.4 is 0 Å². The number of aromatic hydroxyl groups is 1. The predicted molar refractivity (Wildman–Crippen MR) is 135 cm³/mol. The second-order valence-corrected chi connectivity index (χ2v) is 11.3. The average Bonchev–Trinajstić information content (AvgIpc) is 2.76. The van der Waals surface area contributed by atoms with Crippen molar-refractivity contribution < 1.29 is 5.11 Å². The van der Waals surface area contributed by atoms with E-state index in [1.54, 1.807) is 0 Å². The van der Waals surface area contributed by atoms with Gasteiger partial charge in [0.15, 0.2) is 0 Å². The van der Waals surface area contributed by atoms with Crippen molar-refractivity contribution >= 4 is 0 Å².